The number of carbonyl (C=O) groups is 1. The maximum Gasteiger partial charge on any atom is 0.330 e. The van der Waals surface area contributed by atoms with Gasteiger partial charge in [0.2, 0.25) is 0 Å². The zero-order chi connectivity index (χ0) is 13.4. The molecular weight excluding hydrogens is 232 g/mol. The SMILES string of the molecule is C=CC(=O)OCC(O)COc1cccc(CC)c1. The van der Waals surface area contributed by atoms with Gasteiger partial charge in [-0.15, -0.1) is 0 Å². The van der Waals surface area contributed by atoms with Gasteiger partial charge in [-0.05, 0) is 24.1 Å². The first-order valence-electron chi connectivity index (χ1n) is 5.84. The number of hydrogen-bond donors (Lipinski definition) is 1. The Kier molecular flexibility index (Phi) is 5.94. The maximum atomic E-state index is 10.8. The van der Waals surface area contributed by atoms with Crippen molar-refractivity contribution in [2.45, 2.75) is 19.4 Å². The number of carbonyl (C=O) groups excluding carboxylic acids is 1. The van der Waals surface area contributed by atoms with E-state index in [0.29, 0.717) is 5.75 Å². The zero-order valence-corrected chi connectivity index (χ0v) is 10.5. The molecule has 1 N–H and O–H groups in total. The molecule has 0 aliphatic rings. The van der Waals surface area contributed by atoms with Crippen LogP contribution in [0.5, 0.6) is 5.75 Å². The van der Waals surface area contributed by atoms with Gasteiger partial charge in [0.15, 0.2) is 0 Å². The third-order valence-corrected chi connectivity index (χ3v) is 2.33. The number of aliphatic hydroxyl groups is 1. The van der Waals surface area contributed by atoms with Crippen LogP contribution in [0.15, 0.2) is 36.9 Å². The molecule has 0 aliphatic carbocycles. The molecular formula is C14H18O4. The summed E-state index contributed by atoms with van der Waals surface area (Å²) in [4.78, 5) is 10.8. The highest BCUT2D eigenvalue weighted by Gasteiger charge is 2.08. The number of rotatable bonds is 7. The fourth-order valence-corrected chi connectivity index (χ4v) is 1.33. The van der Waals surface area contributed by atoms with Crippen LogP contribution in [0, 0.1) is 0 Å². The molecule has 0 saturated carbocycles. The van der Waals surface area contributed by atoms with Crippen LogP contribution in [0.1, 0.15) is 12.5 Å². The number of aryl methyl sites for hydroxylation is 1. The first kappa shape index (κ1) is 14.3. The molecule has 1 atom stereocenters. The van der Waals surface area contributed by atoms with Gasteiger partial charge < -0.3 is 14.6 Å². The highest BCUT2D eigenvalue weighted by molar-refractivity contribution is 5.81. The van der Waals surface area contributed by atoms with Crippen molar-refractivity contribution in [1.82, 2.24) is 0 Å². The number of ether oxygens (including phenoxy) is 2. The van der Waals surface area contributed by atoms with Crippen molar-refractivity contribution < 1.29 is 19.4 Å². The van der Waals surface area contributed by atoms with Crippen molar-refractivity contribution in [3.05, 3.63) is 42.5 Å². The van der Waals surface area contributed by atoms with Crippen molar-refractivity contribution in [1.29, 1.82) is 0 Å². The molecule has 0 aliphatic heterocycles. The summed E-state index contributed by atoms with van der Waals surface area (Å²) < 4.78 is 10.1. The second-order valence-electron chi connectivity index (χ2n) is 3.80. The third-order valence-electron chi connectivity index (χ3n) is 2.33. The van der Waals surface area contributed by atoms with Gasteiger partial charge in [-0.1, -0.05) is 25.6 Å². The fraction of sp³-hybridized carbons (Fsp3) is 0.357. The van der Waals surface area contributed by atoms with Crippen molar-refractivity contribution >= 4 is 5.97 Å². The van der Waals surface area contributed by atoms with Crippen LogP contribution in [0.3, 0.4) is 0 Å². The Balaban J connectivity index is 2.35. The molecule has 4 heteroatoms. The van der Waals surface area contributed by atoms with Crippen molar-refractivity contribution in [2.75, 3.05) is 13.2 Å². The van der Waals surface area contributed by atoms with Gasteiger partial charge in [-0.2, -0.15) is 0 Å². The van der Waals surface area contributed by atoms with Gasteiger partial charge in [-0.25, -0.2) is 4.79 Å². The summed E-state index contributed by atoms with van der Waals surface area (Å²) in [5.74, 6) is 0.144. The van der Waals surface area contributed by atoms with E-state index in [1.165, 1.54) is 5.56 Å². The van der Waals surface area contributed by atoms with Crippen LogP contribution in [0.25, 0.3) is 0 Å². The van der Waals surface area contributed by atoms with Gasteiger partial charge >= 0.3 is 5.97 Å². The molecule has 0 heterocycles. The van der Waals surface area contributed by atoms with Crippen LogP contribution in [0.2, 0.25) is 0 Å². The second-order valence-corrected chi connectivity index (χ2v) is 3.80. The van der Waals surface area contributed by atoms with Gasteiger partial charge in [0.05, 0.1) is 0 Å². The van der Waals surface area contributed by atoms with E-state index in [4.69, 9.17) is 9.47 Å². The first-order valence-corrected chi connectivity index (χ1v) is 5.84. The van der Waals surface area contributed by atoms with E-state index in [-0.39, 0.29) is 13.2 Å². The molecule has 0 saturated heterocycles. The number of esters is 1. The second kappa shape index (κ2) is 7.50. The van der Waals surface area contributed by atoms with Crippen LogP contribution >= 0.6 is 0 Å². The Morgan fingerprint density at radius 3 is 2.94 bits per heavy atom. The molecule has 0 aromatic heterocycles. The maximum absolute atomic E-state index is 10.8. The molecule has 0 spiro atoms. The zero-order valence-electron chi connectivity index (χ0n) is 10.5. The lowest BCUT2D eigenvalue weighted by molar-refractivity contribution is -0.141. The summed E-state index contributed by atoms with van der Waals surface area (Å²) in [6, 6.07) is 7.65. The normalized spacial score (nSPS) is 11.7. The minimum Gasteiger partial charge on any atom is -0.491 e. The number of hydrogen-bond acceptors (Lipinski definition) is 4. The lowest BCUT2D eigenvalue weighted by Crippen LogP contribution is -2.24. The van der Waals surface area contributed by atoms with Crippen LogP contribution in [-0.4, -0.2) is 30.4 Å². The Morgan fingerprint density at radius 2 is 2.28 bits per heavy atom. The average Bonchev–Trinajstić information content (AvgIpc) is 2.42. The Morgan fingerprint density at radius 1 is 1.50 bits per heavy atom. The van der Waals surface area contributed by atoms with E-state index >= 15 is 0 Å². The molecule has 1 aromatic rings. The molecule has 0 bridgehead atoms. The van der Waals surface area contributed by atoms with E-state index < -0.39 is 12.1 Å². The topological polar surface area (TPSA) is 55.8 Å². The molecule has 0 fully saturated rings. The van der Waals surface area contributed by atoms with Gasteiger partial charge in [0.1, 0.15) is 25.1 Å². The molecule has 0 radical (unpaired) electrons. The summed E-state index contributed by atoms with van der Waals surface area (Å²) in [7, 11) is 0. The summed E-state index contributed by atoms with van der Waals surface area (Å²) >= 11 is 0. The summed E-state index contributed by atoms with van der Waals surface area (Å²) in [6.07, 6.45) is 1.13. The molecule has 98 valence electrons. The van der Waals surface area contributed by atoms with E-state index in [1.54, 1.807) is 0 Å². The number of benzene rings is 1. The molecule has 1 unspecified atom stereocenters. The largest absolute Gasteiger partial charge is 0.491 e. The minimum absolute atomic E-state index is 0.0809. The Hall–Kier alpha value is -1.81. The van der Waals surface area contributed by atoms with Crippen LogP contribution < -0.4 is 4.74 Å². The smallest absolute Gasteiger partial charge is 0.330 e. The van der Waals surface area contributed by atoms with Crippen molar-refractivity contribution in [2.24, 2.45) is 0 Å². The predicted octanol–water partition coefficient (Wildman–Crippen LogP) is 1.72. The van der Waals surface area contributed by atoms with Crippen LogP contribution in [0.4, 0.5) is 0 Å². The lowest BCUT2D eigenvalue weighted by atomic mass is 10.2. The fourth-order valence-electron chi connectivity index (χ4n) is 1.33. The monoisotopic (exact) mass is 250 g/mol. The quantitative estimate of drug-likeness (QED) is 0.591. The summed E-state index contributed by atoms with van der Waals surface area (Å²) in [6.45, 7) is 5.30. The van der Waals surface area contributed by atoms with Gasteiger partial charge in [-0.3, -0.25) is 0 Å². The molecule has 1 rings (SSSR count). The van der Waals surface area contributed by atoms with Crippen molar-refractivity contribution in [3.63, 3.8) is 0 Å². The summed E-state index contributed by atoms with van der Waals surface area (Å²) in [5, 5.41) is 9.54. The van der Waals surface area contributed by atoms with Gasteiger partial charge in [0, 0.05) is 6.08 Å². The standard InChI is InChI=1S/C14H18O4/c1-3-11-6-5-7-13(8-11)17-9-12(15)10-18-14(16)4-2/h4-8,12,15H,2-3,9-10H2,1H3. The van der Waals surface area contributed by atoms with E-state index in [0.717, 1.165) is 12.5 Å². The van der Waals surface area contributed by atoms with Crippen molar-refractivity contribution in [3.8, 4) is 5.75 Å². The van der Waals surface area contributed by atoms with E-state index in [2.05, 4.69) is 13.5 Å². The van der Waals surface area contributed by atoms with Gasteiger partial charge in [0.25, 0.3) is 0 Å². The van der Waals surface area contributed by atoms with Crippen LogP contribution in [-0.2, 0) is 16.0 Å². The Labute approximate surface area is 107 Å². The predicted molar refractivity (Wildman–Crippen MR) is 68.5 cm³/mol. The lowest BCUT2D eigenvalue weighted by Gasteiger charge is -2.12. The van der Waals surface area contributed by atoms with E-state index in [1.807, 2.05) is 24.3 Å². The van der Waals surface area contributed by atoms with E-state index in [9.17, 15) is 9.90 Å². The molecule has 18 heavy (non-hydrogen) atoms. The molecule has 1 aromatic carbocycles. The average molecular weight is 250 g/mol. The molecule has 4 nitrogen and oxygen atoms in total. The molecule has 0 amide bonds. The first-order chi connectivity index (χ1) is 8.65. The highest BCUT2D eigenvalue weighted by Crippen LogP contribution is 2.13. The number of aliphatic hydroxyl groups excluding tert-OH is 1. The third kappa shape index (κ3) is 5.01. The summed E-state index contributed by atoms with van der Waals surface area (Å²) in [5.41, 5.74) is 1.17. The Bertz CT molecular complexity index is 401. The highest BCUT2D eigenvalue weighted by atomic mass is 16.5. The minimum atomic E-state index is -0.848.